The highest BCUT2D eigenvalue weighted by molar-refractivity contribution is 5.92. The summed E-state index contributed by atoms with van der Waals surface area (Å²) in [5, 5.41) is 17.8. The Morgan fingerprint density at radius 2 is 1.90 bits per heavy atom. The van der Waals surface area contributed by atoms with Crippen molar-refractivity contribution in [1.82, 2.24) is 4.90 Å². The molecule has 110 valence electrons. The third-order valence-corrected chi connectivity index (χ3v) is 2.68. The highest BCUT2D eigenvalue weighted by atomic mass is 16.5. The molecule has 0 fully saturated rings. The van der Waals surface area contributed by atoms with Gasteiger partial charge in [-0.1, -0.05) is 18.2 Å². The zero-order chi connectivity index (χ0) is 14.8. The molecule has 0 unspecified atom stereocenters. The molecule has 5 nitrogen and oxygen atoms in total. The molecule has 1 aromatic carbocycles. The second-order valence-corrected chi connectivity index (χ2v) is 4.08. The van der Waals surface area contributed by atoms with Crippen LogP contribution in [-0.4, -0.2) is 53.9 Å². The van der Waals surface area contributed by atoms with Gasteiger partial charge in [-0.05, 0) is 19.1 Å². The molecule has 0 spiro atoms. The Kier molecular flexibility index (Phi) is 7.39. The van der Waals surface area contributed by atoms with Gasteiger partial charge in [-0.2, -0.15) is 0 Å². The van der Waals surface area contributed by atoms with Crippen molar-refractivity contribution < 1.29 is 19.7 Å². The summed E-state index contributed by atoms with van der Waals surface area (Å²) >= 11 is 0. The van der Waals surface area contributed by atoms with Crippen molar-refractivity contribution in [2.75, 3.05) is 32.9 Å². The number of aliphatic hydroxyl groups excluding tert-OH is 2. The zero-order valence-corrected chi connectivity index (χ0v) is 11.7. The van der Waals surface area contributed by atoms with Gasteiger partial charge in [0.05, 0.1) is 19.8 Å². The molecule has 0 aliphatic heterocycles. The number of rotatable bonds is 8. The van der Waals surface area contributed by atoms with Crippen LogP contribution in [0.2, 0.25) is 0 Å². The monoisotopic (exact) mass is 279 g/mol. The SMILES string of the molecule is CCOc1ccccc1/C=C/C(=O)N(CCO)CCO. The number of carbonyl (C=O) groups is 1. The minimum Gasteiger partial charge on any atom is -0.493 e. The minimum atomic E-state index is -0.251. The van der Waals surface area contributed by atoms with E-state index in [2.05, 4.69) is 0 Å². The average molecular weight is 279 g/mol. The van der Waals surface area contributed by atoms with Crippen LogP contribution in [0.3, 0.4) is 0 Å². The molecule has 1 aromatic rings. The Morgan fingerprint density at radius 3 is 2.50 bits per heavy atom. The van der Waals surface area contributed by atoms with Crippen LogP contribution in [-0.2, 0) is 4.79 Å². The normalized spacial score (nSPS) is 10.8. The molecule has 0 bridgehead atoms. The van der Waals surface area contributed by atoms with E-state index in [1.807, 2.05) is 31.2 Å². The number of nitrogens with zero attached hydrogens (tertiary/aromatic N) is 1. The third-order valence-electron chi connectivity index (χ3n) is 2.68. The Labute approximate surface area is 119 Å². The van der Waals surface area contributed by atoms with Gasteiger partial charge < -0.3 is 19.8 Å². The molecular formula is C15H21NO4. The maximum Gasteiger partial charge on any atom is 0.246 e. The number of para-hydroxylation sites is 1. The fraction of sp³-hybridized carbons (Fsp3) is 0.400. The fourth-order valence-electron chi connectivity index (χ4n) is 1.75. The molecule has 0 radical (unpaired) electrons. The molecule has 0 saturated heterocycles. The summed E-state index contributed by atoms with van der Waals surface area (Å²) in [7, 11) is 0. The van der Waals surface area contributed by atoms with Crippen LogP contribution in [0.15, 0.2) is 30.3 Å². The van der Waals surface area contributed by atoms with Crippen LogP contribution in [0.1, 0.15) is 12.5 Å². The summed E-state index contributed by atoms with van der Waals surface area (Å²) < 4.78 is 5.47. The van der Waals surface area contributed by atoms with Gasteiger partial charge in [0, 0.05) is 24.7 Å². The minimum absolute atomic E-state index is 0.130. The number of ether oxygens (including phenoxy) is 1. The summed E-state index contributed by atoms with van der Waals surface area (Å²) in [6.45, 7) is 2.60. The molecule has 0 heterocycles. The van der Waals surface area contributed by atoms with Gasteiger partial charge in [-0.3, -0.25) is 4.79 Å². The van der Waals surface area contributed by atoms with Crippen LogP contribution >= 0.6 is 0 Å². The first-order chi connectivity index (χ1) is 9.72. The lowest BCUT2D eigenvalue weighted by molar-refractivity contribution is -0.126. The predicted octanol–water partition coefficient (Wildman–Crippen LogP) is 0.912. The van der Waals surface area contributed by atoms with Crippen molar-refractivity contribution in [2.45, 2.75) is 6.92 Å². The van der Waals surface area contributed by atoms with Crippen LogP contribution in [0.25, 0.3) is 6.08 Å². The van der Waals surface area contributed by atoms with Crippen molar-refractivity contribution in [3.05, 3.63) is 35.9 Å². The molecule has 5 heteroatoms. The summed E-state index contributed by atoms with van der Waals surface area (Å²) in [6, 6.07) is 7.43. The van der Waals surface area contributed by atoms with E-state index in [0.29, 0.717) is 6.61 Å². The Morgan fingerprint density at radius 1 is 1.25 bits per heavy atom. The highest BCUT2D eigenvalue weighted by Gasteiger charge is 2.09. The Bertz CT molecular complexity index is 439. The third kappa shape index (κ3) is 5.03. The van der Waals surface area contributed by atoms with Gasteiger partial charge in [0.1, 0.15) is 5.75 Å². The summed E-state index contributed by atoms with van der Waals surface area (Å²) in [4.78, 5) is 13.3. The van der Waals surface area contributed by atoms with E-state index in [4.69, 9.17) is 14.9 Å². The Hall–Kier alpha value is -1.85. The maximum absolute atomic E-state index is 11.9. The predicted molar refractivity (Wildman–Crippen MR) is 77.4 cm³/mol. The first-order valence-electron chi connectivity index (χ1n) is 6.63. The largest absolute Gasteiger partial charge is 0.493 e. The van der Waals surface area contributed by atoms with Gasteiger partial charge in [0.2, 0.25) is 5.91 Å². The fourth-order valence-corrected chi connectivity index (χ4v) is 1.75. The number of aliphatic hydroxyl groups is 2. The summed E-state index contributed by atoms with van der Waals surface area (Å²) in [6.07, 6.45) is 3.10. The Balaban J connectivity index is 2.77. The van der Waals surface area contributed by atoms with E-state index in [-0.39, 0.29) is 32.2 Å². The molecule has 1 rings (SSSR count). The van der Waals surface area contributed by atoms with Gasteiger partial charge in [-0.15, -0.1) is 0 Å². The molecule has 0 aliphatic rings. The molecule has 2 N–H and O–H groups in total. The van der Waals surface area contributed by atoms with Gasteiger partial charge in [0.25, 0.3) is 0 Å². The molecule has 0 aliphatic carbocycles. The van der Waals surface area contributed by atoms with Crippen molar-refractivity contribution in [3.8, 4) is 5.75 Å². The first kappa shape index (κ1) is 16.2. The van der Waals surface area contributed by atoms with Crippen LogP contribution in [0.5, 0.6) is 5.75 Å². The van der Waals surface area contributed by atoms with E-state index >= 15 is 0 Å². The van der Waals surface area contributed by atoms with Crippen LogP contribution in [0.4, 0.5) is 0 Å². The van der Waals surface area contributed by atoms with E-state index in [9.17, 15) is 4.79 Å². The highest BCUT2D eigenvalue weighted by Crippen LogP contribution is 2.19. The van der Waals surface area contributed by atoms with Gasteiger partial charge in [-0.25, -0.2) is 0 Å². The quantitative estimate of drug-likeness (QED) is 0.694. The lowest BCUT2D eigenvalue weighted by Crippen LogP contribution is -2.34. The molecular weight excluding hydrogens is 258 g/mol. The molecule has 0 atom stereocenters. The van der Waals surface area contributed by atoms with E-state index < -0.39 is 0 Å². The number of carbonyl (C=O) groups excluding carboxylic acids is 1. The maximum atomic E-state index is 11.9. The van der Waals surface area contributed by atoms with Crippen molar-refractivity contribution >= 4 is 12.0 Å². The van der Waals surface area contributed by atoms with Gasteiger partial charge in [0.15, 0.2) is 0 Å². The second-order valence-electron chi connectivity index (χ2n) is 4.08. The van der Waals surface area contributed by atoms with Crippen molar-refractivity contribution in [1.29, 1.82) is 0 Å². The van der Waals surface area contributed by atoms with Crippen LogP contribution in [0, 0.1) is 0 Å². The second kappa shape index (κ2) is 9.12. The van der Waals surface area contributed by atoms with Crippen molar-refractivity contribution in [2.24, 2.45) is 0 Å². The standard InChI is InChI=1S/C15H21NO4/c1-2-20-14-6-4-3-5-13(14)7-8-15(19)16(9-11-17)10-12-18/h3-8,17-18H,2,9-12H2,1H3/b8-7+. The summed E-state index contributed by atoms with van der Waals surface area (Å²) in [5.41, 5.74) is 0.815. The molecule has 20 heavy (non-hydrogen) atoms. The van der Waals surface area contributed by atoms with E-state index in [0.717, 1.165) is 11.3 Å². The number of hydrogen-bond acceptors (Lipinski definition) is 4. The number of hydrogen-bond donors (Lipinski definition) is 2. The average Bonchev–Trinajstić information content (AvgIpc) is 2.46. The number of benzene rings is 1. The van der Waals surface area contributed by atoms with Crippen molar-refractivity contribution in [3.63, 3.8) is 0 Å². The lowest BCUT2D eigenvalue weighted by atomic mass is 10.2. The first-order valence-corrected chi connectivity index (χ1v) is 6.63. The van der Waals surface area contributed by atoms with Gasteiger partial charge >= 0.3 is 0 Å². The van der Waals surface area contributed by atoms with E-state index in [1.54, 1.807) is 6.08 Å². The summed E-state index contributed by atoms with van der Waals surface area (Å²) in [5.74, 6) is 0.467. The zero-order valence-electron chi connectivity index (χ0n) is 11.7. The molecule has 0 saturated carbocycles. The van der Waals surface area contributed by atoms with Crippen LogP contribution < -0.4 is 4.74 Å². The number of amides is 1. The molecule has 1 amide bonds. The smallest absolute Gasteiger partial charge is 0.246 e. The van der Waals surface area contributed by atoms with E-state index in [1.165, 1.54) is 11.0 Å². The molecule has 0 aromatic heterocycles. The topological polar surface area (TPSA) is 70.0 Å². The lowest BCUT2D eigenvalue weighted by Gasteiger charge is -2.18.